The van der Waals surface area contributed by atoms with Crippen molar-refractivity contribution in [2.24, 2.45) is 5.92 Å². The molecule has 6 heteroatoms. The fraction of sp³-hybridized carbons (Fsp3) is 0.304. The van der Waals surface area contributed by atoms with Gasteiger partial charge in [-0.3, -0.25) is 4.68 Å². The second-order valence-electron chi connectivity index (χ2n) is 7.74. The summed E-state index contributed by atoms with van der Waals surface area (Å²) in [5.41, 5.74) is 5.77. The van der Waals surface area contributed by atoms with Crippen LogP contribution in [0.2, 0.25) is 0 Å². The van der Waals surface area contributed by atoms with Crippen LogP contribution >= 0.6 is 0 Å². The Morgan fingerprint density at radius 2 is 1.72 bits per heavy atom. The zero-order chi connectivity index (χ0) is 19.8. The Morgan fingerprint density at radius 1 is 1.03 bits per heavy atom. The fourth-order valence-corrected chi connectivity index (χ4v) is 4.47. The Hall–Kier alpha value is -3.12. The number of aliphatic hydroxyl groups excluding tert-OH is 1. The number of benzene rings is 2. The molecule has 1 amide bonds. The number of nitrogens with zero attached hydrogens (tertiary/aromatic N) is 3. The van der Waals surface area contributed by atoms with Crippen molar-refractivity contribution in [3.63, 3.8) is 0 Å². The van der Waals surface area contributed by atoms with Gasteiger partial charge in [-0.05, 0) is 28.3 Å². The van der Waals surface area contributed by atoms with Crippen molar-refractivity contribution in [1.82, 2.24) is 14.7 Å². The third kappa shape index (κ3) is 3.19. The number of carbonyl (C=O) groups is 1. The van der Waals surface area contributed by atoms with Gasteiger partial charge in [0.15, 0.2) is 0 Å². The Bertz CT molecular complexity index is 1000. The molecule has 1 unspecified atom stereocenters. The summed E-state index contributed by atoms with van der Waals surface area (Å²) in [6, 6.07) is 18.5. The summed E-state index contributed by atoms with van der Waals surface area (Å²) in [4.78, 5) is 14.6. The Morgan fingerprint density at radius 3 is 2.41 bits per heavy atom. The van der Waals surface area contributed by atoms with E-state index in [2.05, 4.69) is 29.4 Å². The van der Waals surface area contributed by atoms with Crippen LogP contribution in [0.5, 0.6) is 0 Å². The zero-order valence-corrected chi connectivity index (χ0v) is 16.1. The second kappa shape index (κ2) is 7.37. The molecule has 2 aliphatic rings. The molecule has 0 saturated carbocycles. The quantitative estimate of drug-likeness (QED) is 0.747. The van der Waals surface area contributed by atoms with E-state index in [1.54, 1.807) is 11.1 Å². The van der Waals surface area contributed by atoms with Gasteiger partial charge in [0.2, 0.25) is 0 Å². The normalized spacial score (nSPS) is 18.0. The lowest BCUT2D eigenvalue weighted by Gasteiger charge is -2.24. The van der Waals surface area contributed by atoms with E-state index in [1.165, 1.54) is 22.3 Å². The van der Waals surface area contributed by atoms with Gasteiger partial charge in [-0.2, -0.15) is 5.10 Å². The average Bonchev–Trinajstić information content (AvgIpc) is 3.27. The number of hydrogen-bond donors (Lipinski definition) is 1. The molecule has 1 N–H and O–H groups in total. The summed E-state index contributed by atoms with van der Waals surface area (Å²) in [5.74, 6) is -0.0193. The zero-order valence-electron chi connectivity index (χ0n) is 16.1. The van der Waals surface area contributed by atoms with E-state index in [0.29, 0.717) is 26.2 Å². The molecule has 148 valence electrons. The highest BCUT2D eigenvalue weighted by molar-refractivity contribution is 5.79. The van der Waals surface area contributed by atoms with Crippen molar-refractivity contribution in [1.29, 1.82) is 0 Å². The van der Waals surface area contributed by atoms with Crippen LogP contribution in [0.25, 0.3) is 11.1 Å². The van der Waals surface area contributed by atoms with Crippen LogP contribution in [0.15, 0.2) is 60.8 Å². The van der Waals surface area contributed by atoms with Gasteiger partial charge in [0.1, 0.15) is 6.61 Å². The van der Waals surface area contributed by atoms with Gasteiger partial charge >= 0.3 is 6.09 Å². The molecule has 1 aliphatic carbocycles. The Kier molecular flexibility index (Phi) is 4.56. The molecule has 6 nitrogen and oxygen atoms in total. The maximum atomic E-state index is 12.9. The van der Waals surface area contributed by atoms with Crippen molar-refractivity contribution in [2.75, 3.05) is 19.8 Å². The molecule has 0 saturated heterocycles. The highest BCUT2D eigenvalue weighted by atomic mass is 16.6. The van der Waals surface area contributed by atoms with E-state index in [4.69, 9.17) is 4.74 Å². The molecule has 0 spiro atoms. The molecule has 0 fully saturated rings. The smallest absolute Gasteiger partial charge is 0.410 e. The minimum Gasteiger partial charge on any atom is -0.448 e. The summed E-state index contributed by atoms with van der Waals surface area (Å²) >= 11 is 0. The molecular formula is C23H23N3O3. The first-order chi connectivity index (χ1) is 14.2. The van der Waals surface area contributed by atoms with Crippen LogP contribution in [0, 0.1) is 5.92 Å². The van der Waals surface area contributed by atoms with Crippen molar-refractivity contribution in [3.05, 3.63) is 77.6 Å². The molecule has 1 aromatic heterocycles. The SMILES string of the molecule is O=C(OCC1c2ccccc2-c2ccccc21)N1Cc2ccnn2CC(CO)C1. The van der Waals surface area contributed by atoms with Gasteiger partial charge in [0.05, 0.1) is 12.2 Å². The van der Waals surface area contributed by atoms with Crippen LogP contribution < -0.4 is 0 Å². The summed E-state index contributed by atoms with van der Waals surface area (Å²) in [6.45, 7) is 1.80. The van der Waals surface area contributed by atoms with E-state index in [0.717, 1.165) is 5.69 Å². The number of rotatable bonds is 3. The predicted octanol–water partition coefficient (Wildman–Crippen LogP) is 3.26. The first kappa shape index (κ1) is 17.9. The third-order valence-electron chi connectivity index (χ3n) is 5.92. The first-order valence-corrected chi connectivity index (χ1v) is 9.96. The van der Waals surface area contributed by atoms with Gasteiger partial charge in [0, 0.05) is 37.7 Å². The Balaban J connectivity index is 1.34. The fourth-order valence-electron chi connectivity index (χ4n) is 4.47. The van der Waals surface area contributed by atoms with Crippen LogP contribution in [-0.2, 0) is 17.8 Å². The summed E-state index contributed by atoms with van der Waals surface area (Å²) in [5, 5.41) is 14.0. The molecule has 2 aromatic carbocycles. The topological polar surface area (TPSA) is 67.6 Å². The van der Waals surface area contributed by atoms with Crippen molar-refractivity contribution < 1.29 is 14.6 Å². The van der Waals surface area contributed by atoms with E-state index < -0.39 is 0 Å². The maximum absolute atomic E-state index is 12.9. The molecule has 29 heavy (non-hydrogen) atoms. The van der Waals surface area contributed by atoms with E-state index in [1.807, 2.05) is 35.0 Å². The lowest BCUT2D eigenvalue weighted by atomic mass is 9.98. The molecule has 2 heterocycles. The number of aliphatic hydroxyl groups is 1. The summed E-state index contributed by atoms with van der Waals surface area (Å²) < 4.78 is 7.65. The number of hydrogen-bond acceptors (Lipinski definition) is 4. The summed E-state index contributed by atoms with van der Waals surface area (Å²) in [7, 11) is 0. The molecule has 1 atom stereocenters. The van der Waals surface area contributed by atoms with Crippen molar-refractivity contribution >= 4 is 6.09 Å². The van der Waals surface area contributed by atoms with Gasteiger partial charge in [0.25, 0.3) is 0 Å². The highest BCUT2D eigenvalue weighted by Crippen LogP contribution is 2.44. The molecule has 3 aromatic rings. The van der Waals surface area contributed by atoms with E-state index in [9.17, 15) is 9.90 Å². The highest BCUT2D eigenvalue weighted by Gasteiger charge is 2.31. The molecule has 0 bridgehead atoms. The van der Waals surface area contributed by atoms with Crippen molar-refractivity contribution in [2.45, 2.75) is 19.0 Å². The minimum atomic E-state index is -0.347. The van der Waals surface area contributed by atoms with Crippen LogP contribution in [-0.4, -0.2) is 45.6 Å². The molecular weight excluding hydrogens is 366 g/mol. The largest absolute Gasteiger partial charge is 0.448 e. The van der Waals surface area contributed by atoms with Crippen LogP contribution in [0.4, 0.5) is 4.79 Å². The second-order valence-corrected chi connectivity index (χ2v) is 7.74. The number of aromatic nitrogens is 2. The lowest BCUT2D eigenvalue weighted by molar-refractivity contribution is 0.0859. The standard InChI is InChI=1S/C23H23N3O3/c27-14-16-11-25(13-17-9-10-24-26(17)12-16)23(28)29-15-22-20-7-3-1-5-18(20)19-6-2-4-8-21(19)22/h1-10,16,22,27H,11-15H2. The lowest BCUT2D eigenvalue weighted by Crippen LogP contribution is -2.36. The number of carbonyl (C=O) groups excluding carboxylic acids is 1. The average molecular weight is 389 g/mol. The maximum Gasteiger partial charge on any atom is 0.410 e. The molecule has 1 aliphatic heterocycles. The van der Waals surface area contributed by atoms with Gasteiger partial charge in [-0.1, -0.05) is 48.5 Å². The van der Waals surface area contributed by atoms with Crippen LogP contribution in [0.1, 0.15) is 22.7 Å². The van der Waals surface area contributed by atoms with Gasteiger partial charge in [-0.25, -0.2) is 4.79 Å². The Labute approximate surface area is 169 Å². The number of ether oxygens (including phenoxy) is 1. The van der Waals surface area contributed by atoms with Gasteiger partial charge in [-0.15, -0.1) is 0 Å². The number of fused-ring (bicyclic) bond motifs is 4. The minimum absolute atomic E-state index is 0.00640. The monoisotopic (exact) mass is 389 g/mol. The van der Waals surface area contributed by atoms with E-state index in [-0.39, 0.29) is 24.5 Å². The predicted molar refractivity (Wildman–Crippen MR) is 108 cm³/mol. The van der Waals surface area contributed by atoms with Crippen LogP contribution in [0.3, 0.4) is 0 Å². The summed E-state index contributed by atoms with van der Waals surface area (Å²) in [6.07, 6.45) is 1.38. The number of amides is 1. The third-order valence-corrected chi connectivity index (χ3v) is 5.92. The first-order valence-electron chi connectivity index (χ1n) is 9.96. The van der Waals surface area contributed by atoms with Gasteiger partial charge < -0.3 is 14.7 Å². The van der Waals surface area contributed by atoms with Crippen molar-refractivity contribution in [3.8, 4) is 11.1 Å². The molecule has 0 radical (unpaired) electrons. The molecule has 5 rings (SSSR count). The van der Waals surface area contributed by atoms with E-state index >= 15 is 0 Å².